The van der Waals surface area contributed by atoms with Gasteiger partial charge in [0.05, 0.1) is 29.3 Å². The van der Waals surface area contributed by atoms with Crippen LogP contribution in [-0.4, -0.2) is 71.8 Å². The van der Waals surface area contributed by atoms with E-state index in [0.717, 1.165) is 30.7 Å². The van der Waals surface area contributed by atoms with Crippen molar-refractivity contribution in [3.8, 4) is 0 Å². The van der Waals surface area contributed by atoms with Crippen LogP contribution >= 0.6 is 0 Å². The molecule has 1 saturated carbocycles. The van der Waals surface area contributed by atoms with Crippen molar-refractivity contribution >= 4 is 17.6 Å². The van der Waals surface area contributed by atoms with Crippen molar-refractivity contribution in [2.75, 3.05) is 19.8 Å². The summed E-state index contributed by atoms with van der Waals surface area (Å²) >= 11 is 0. The van der Waals surface area contributed by atoms with Crippen LogP contribution in [0.15, 0.2) is 12.5 Å². The molecule has 6 rings (SSSR count). The summed E-state index contributed by atoms with van der Waals surface area (Å²) in [5.74, 6) is -2.57. The van der Waals surface area contributed by atoms with Gasteiger partial charge in [-0.1, -0.05) is 6.92 Å². The Labute approximate surface area is 248 Å². The minimum absolute atomic E-state index is 0.0288. The lowest BCUT2D eigenvalue weighted by Crippen LogP contribution is -2.41. The predicted molar refractivity (Wildman–Crippen MR) is 150 cm³/mol. The van der Waals surface area contributed by atoms with E-state index in [0.29, 0.717) is 50.1 Å². The summed E-state index contributed by atoms with van der Waals surface area (Å²) in [6, 6.07) is -0.644. The average Bonchev–Trinajstić information content (AvgIpc) is 3.65. The number of amides is 2. The highest BCUT2D eigenvalue weighted by atomic mass is 19.3. The third-order valence-electron chi connectivity index (χ3n) is 9.12. The van der Waals surface area contributed by atoms with Gasteiger partial charge in [-0.25, -0.2) is 32.9 Å². The Morgan fingerprint density at radius 3 is 2.72 bits per heavy atom. The molecule has 2 amide bonds. The fourth-order valence-corrected chi connectivity index (χ4v) is 6.69. The van der Waals surface area contributed by atoms with Crippen molar-refractivity contribution in [3.05, 3.63) is 35.4 Å². The summed E-state index contributed by atoms with van der Waals surface area (Å²) in [4.78, 5) is 40.0. The Balaban J connectivity index is 1.36. The predicted octanol–water partition coefficient (Wildman–Crippen LogP) is 3.24. The summed E-state index contributed by atoms with van der Waals surface area (Å²) in [6.07, 6.45) is 5.85. The lowest BCUT2D eigenvalue weighted by atomic mass is 9.81. The average molecular weight is 600 g/mol. The maximum absolute atomic E-state index is 14.1. The quantitative estimate of drug-likeness (QED) is 0.402. The molecular formula is C29H39F2N9O3. The van der Waals surface area contributed by atoms with Crippen LogP contribution in [0, 0.1) is 17.8 Å². The van der Waals surface area contributed by atoms with Crippen LogP contribution in [0.3, 0.4) is 0 Å². The summed E-state index contributed by atoms with van der Waals surface area (Å²) in [6.45, 7) is 6.37. The first-order chi connectivity index (χ1) is 20.7. The Hall–Kier alpha value is -3.55. The van der Waals surface area contributed by atoms with E-state index in [4.69, 9.17) is 19.8 Å². The standard InChI is InChI=1S/C29H39F2N9O3/c1-3-39-25(33-16-34-39)27(42)36-24(18-4-8-29(30,31)9-5-18)22-15-40-28(35-22)37-23(19-6-10-43-11-7-19)21(38-40)13-20-12-17(2)14-32-26(20)41/h15-20,24H,3-14H2,1-2H3,(H,32,41)(H,36,42)/t17-,20+,24-/m0/s1. The van der Waals surface area contributed by atoms with Crippen LogP contribution in [0.2, 0.25) is 0 Å². The second-order valence-electron chi connectivity index (χ2n) is 12.3. The number of hydrogen-bond donors (Lipinski definition) is 2. The number of fused-ring (bicyclic) bond motifs is 1. The molecule has 0 spiro atoms. The molecule has 3 fully saturated rings. The van der Waals surface area contributed by atoms with Crippen molar-refractivity contribution < 1.29 is 23.1 Å². The van der Waals surface area contributed by atoms with Gasteiger partial charge >= 0.3 is 0 Å². The zero-order valence-corrected chi connectivity index (χ0v) is 24.6. The van der Waals surface area contributed by atoms with Crippen LogP contribution < -0.4 is 10.6 Å². The Morgan fingerprint density at radius 1 is 1.21 bits per heavy atom. The van der Waals surface area contributed by atoms with Crippen LogP contribution in [0.25, 0.3) is 5.78 Å². The van der Waals surface area contributed by atoms with E-state index >= 15 is 0 Å². The number of aromatic nitrogens is 7. The number of aryl methyl sites for hydroxylation is 1. The molecule has 232 valence electrons. The van der Waals surface area contributed by atoms with Gasteiger partial charge in [-0.3, -0.25) is 9.59 Å². The normalized spacial score (nSPS) is 24.1. The molecule has 5 heterocycles. The van der Waals surface area contributed by atoms with Gasteiger partial charge in [0.1, 0.15) is 6.33 Å². The van der Waals surface area contributed by atoms with Gasteiger partial charge in [0.15, 0.2) is 0 Å². The number of carbonyl (C=O) groups is 2. The first kappa shape index (κ1) is 29.5. The largest absolute Gasteiger partial charge is 0.381 e. The minimum atomic E-state index is -2.72. The van der Waals surface area contributed by atoms with Gasteiger partial charge in [-0.2, -0.15) is 10.2 Å². The van der Waals surface area contributed by atoms with E-state index < -0.39 is 17.9 Å². The van der Waals surface area contributed by atoms with Crippen LogP contribution in [0.1, 0.15) is 98.5 Å². The van der Waals surface area contributed by atoms with Crippen molar-refractivity contribution in [2.45, 2.75) is 89.6 Å². The number of halogens is 2. The highest BCUT2D eigenvalue weighted by Gasteiger charge is 2.40. The molecule has 3 aromatic rings. The van der Waals surface area contributed by atoms with E-state index in [1.54, 1.807) is 10.7 Å². The third-order valence-corrected chi connectivity index (χ3v) is 9.12. The summed E-state index contributed by atoms with van der Waals surface area (Å²) in [5, 5.41) is 15.1. The van der Waals surface area contributed by atoms with Gasteiger partial charge in [0.25, 0.3) is 11.7 Å². The molecule has 1 aliphatic carbocycles. The monoisotopic (exact) mass is 599 g/mol. The minimum Gasteiger partial charge on any atom is -0.381 e. The summed E-state index contributed by atoms with van der Waals surface area (Å²) in [7, 11) is 0. The van der Waals surface area contributed by atoms with Gasteiger partial charge in [0, 0.05) is 57.4 Å². The number of rotatable bonds is 8. The fourth-order valence-electron chi connectivity index (χ4n) is 6.69. The zero-order chi connectivity index (χ0) is 30.1. The first-order valence-electron chi connectivity index (χ1n) is 15.4. The Morgan fingerprint density at radius 2 is 1.98 bits per heavy atom. The zero-order valence-electron chi connectivity index (χ0n) is 24.6. The number of hydrogen-bond acceptors (Lipinski definition) is 8. The highest BCUT2D eigenvalue weighted by molar-refractivity contribution is 5.90. The van der Waals surface area contributed by atoms with E-state index in [1.165, 1.54) is 11.0 Å². The van der Waals surface area contributed by atoms with Crippen LogP contribution in [-0.2, 0) is 22.5 Å². The third kappa shape index (κ3) is 6.38. The Kier molecular flexibility index (Phi) is 8.38. The molecule has 0 aromatic carbocycles. The van der Waals surface area contributed by atoms with Gasteiger partial charge < -0.3 is 15.4 Å². The molecule has 3 aliphatic rings. The second-order valence-corrected chi connectivity index (χ2v) is 12.3. The topological polar surface area (TPSA) is 141 Å². The number of nitrogens with zero attached hydrogens (tertiary/aromatic N) is 7. The smallest absolute Gasteiger partial charge is 0.289 e. The Bertz CT molecular complexity index is 1460. The van der Waals surface area contributed by atoms with Crippen molar-refractivity contribution in [2.24, 2.45) is 17.8 Å². The van der Waals surface area contributed by atoms with Crippen molar-refractivity contribution in [1.29, 1.82) is 0 Å². The van der Waals surface area contributed by atoms with Crippen molar-refractivity contribution in [3.63, 3.8) is 0 Å². The fraction of sp³-hybridized carbons (Fsp3) is 0.690. The number of alkyl halides is 2. The van der Waals surface area contributed by atoms with Gasteiger partial charge in [-0.05, 0) is 50.9 Å². The van der Waals surface area contributed by atoms with Gasteiger partial charge in [-0.15, -0.1) is 0 Å². The molecule has 2 aliphatic heterocycles. The molecule has 43 heavy (non-hydrogen) atoms. The maximum Gasteiger partial charge on any atom is 0.289 e. The number of ether oxygens (including phenoxy) is 1. The molecule has 3 atom stereocenters. The lowest BCUT2D eigenvalue weighted by Gasteiger charge is -2.33. The maximum atomic E-state index is 14.1. The lowest BCUT2D eigenvalue weighted by molar-refractivity contribution is -0.127. The molecule has 0 bridgehead atoms. The van der Waals surface area contributed by atoms with Gasteiger partial charge in [0.2, 0.25) is 17.7 Å². The summed E-state index contributed by atoms with van der Waals surface area (Å²) < 4.78 is 36.9. The molecule has 0 unspecified atom stereocenters. The van der Waals surface area contributed by atoms with E-state index in [2.05, 4.69) is 27.6 Å². The van der Waals surface area contributed by atoms with E-state index in [-0.39, 0.29) is 55.2 Å². The SMILES string of the molecule is CCn1ncnc1C(=O)N[C@H](c1cn2nc(C[C@H]3C[C@H](C)CNC3=O)c(C3CCOCC3)nc2n1)C1CCC(F)(F)CC1. The number of piperidine rings is 1. The molecule has 2 saturated heterocycles. The molecule has 3 aromatic heterocycles. The summed E-state index contributed by atoms with van der Waals surface area (Å²) in [5.41, 5.74) is 2.09. The highest BCUT2D eigenvalue weighted by Crippen LogP contribution is 2.41. The molecule has 0 radical (unpaired) electrons. The molecule has 14 heteroatoms. The molecule has 2 N–H and O–H groups in total. The number of imidazole rings is 1. The molecule has 12 nitrogen and oxygen atoms in total. The van der Waals surface area contributed by atoms with Crippen LogP contribution in [0.4, 0.5) is 8.78 Å². The first-order valence-corrected chi connectivity index (χ1v) is 15.4. The number of nitrogens with one attached hydrogen (secondary N) is 2. The molecular weight excluding hydrogens is 560 g/mol. The van der Waals surface area contributed by atoms with Crippen molar-refractivity contribution in [1.82, 2.24) is 45.0 Å². The van der Waals surface area contributed by atoms with E-state index in [9.17, 15) is 18.4 Å². The second kappa shape index (κ2) is 12.2. The number of carbonyl (C=O) groups excluding carboxylic acids is 2. The van der Waals surface area contributed by atoms with E-state index in [1.807, 2.05) is 6.92 Å². The van der Waals surface area contributed by atoms with Crippen LogP contribution in [0.5, 0.6) is 0 Å².